The first-order valence-electron chi connectivity index (χ1n) is 1.74. The summed E-state index contributed by atoms with van der Waals surface area (Å²) in [5.74, 6) is 0. The van der Waals surface area contributed by atoms with Crippen LogP contribution in [0.3, 0.4) is 0 Å². The molecule has 0 aromatic rings. The van der Waals surface area contributed by atoms with Crippen LogP contribution in [0.1, 0.15) is 0 Å². The molecule has 0 unspecified atom stereocenters. The predicted octanol–water partition coefficient (Wildman–Crippen LogP) is 0.474. The van der Waals surface area contributed by atoms with Gasteiger partial charge in [0.25, 0.3) is 0 Å². The molecule has 0 fully saturated rings. The summed E-state index contributed by atoms with van der Waals surface area (Å²) in [6.45, 7) is 0.793. The molecule has 0 aliphatic carbocycles. The molecule has 1 rings (SSSR count). The second kappa shape index (κ2) is 1.49. The van der Waals surface area contributed by atoms with E-state index in [1.165, 1.54) is 4.53 Å². The van der Waals surface area contributed by atoms with Gasteiger partial charge in [0.05, 0.1) is 6.54 Å². The third kappa shape index (κ3) is 0.640. The molecule has 0 radical (unpaired) electrons. The fourth-order valence-corrected chi connectivity index (χ4v) is 0.468. The Bertz CT molecular complexity index is 63.2. The van der Waals surface area contributed by atoms with E-state index in [-0.39, 0.29) is 0 Å². The van der Waals surface area contributed by atoms with Crippen molar-refractivity contribution in [3.05, 3.63) is 12.3 Å². The lowest BCUT2D eigenvalue weighted by molar-refractivity contribution is 0.464. The number of halogens is 1. The van der Waals surface area contributed by atoms with Gasteiger partial charge in [0, 0.05) is 6.20 Å². The molecule has 0 atom stereocenters. The molecule has 6 heavy (non-hydrogen) atoms. The minimum absolute atomic E-state index is 0.793. The van der Waals surface area contributed by atoms with Crippen LogP contribution in [0.15, 0.2) is 12.3 Å². The Hall–Kier alpha value is -0.210. The lowest BCUT2D eigenvalue weighted by atomic mass is 10.7. The van der Waals surface area contributed by atoms with Crippen LogP contribution >= 0.6 is 11.8 Å². The topological polar surface area (TPSA) is 15.3 Å². The molecule has 0 saturated heterocycles. The summed E-state index contributed by atoms with van der Waals surface area (Å²) in [6, 6.07) is 0. The van der Waals surface area contributed by atoms with Crippen LogP contribution in [-0.4, -0.2) is 11.1 Å². The van der Waals surface area contributed by atoms with Crippen molar-refractivity contribution in [1.29, 1.82) is 0 Å². The standard InChI is InChI=1S/C3H5ClN2/c4-6-3-1-2-5-6/h1-2,5H,3H2. The number of nitrogens with one attached hydrogen (secondary N) is 1. The van der Waals surface area contributed by atoms with Gasteiger partial charge in [0.15, 0.2) is 0 Å². The molecule has 1 heterocycles. The Morgan fingerprint density at radius 1 is 1.83 bits per heavy atom. The minimum Gasteiger partial charge on any atom is -0.312 e. The van der Waals surface area contributed by atoms with Crippen molar-refractivity contribution in [3.8, 4) is 0 Å². The Morgan fingerprint density at radius 2 is 2.67 bits per heavy atom. The molecule has 0 bridgehead atoms. The van der Waals surface area contributed by atoms with Crippen molar-refractivity contribution >= 4 is 11.8 Å². The highest BCUT2D eigenvalue weighted by Gasteiger charge is 1.96. The molecule has 0 amide bonds. The van der Waals surface area contributed by atoms with E-state index in [0.29, 0.717) is 0 Å². The lowest BCUT2D eigenvalue weighted by Crippen LogP contribution is -2.17. The van der Waals surface area contributed by atoms with Crippen LogP contribution in [0.25, 0.3) is 0 Å². The number of hydrogen-bond donors (Lipinski definition) is 1. The van der Waals surface area contributed by atoms with Crippen molar-refractivity contribution in [2.24, 2.45) is 0 Å². The van der Waals surface area contributed by atoms with E-state index in [1.807, 2.05) is 6.08 Å². The lowest BCUT2D eigenvalue weighted by Gasteiger charge is -2.00. The second-order valence-electron chi connectivity index (χ2n) is 1.08. The molecule has 0 aromatic heterocycles. The Balaban J connectivity index is 2.32. The molecule has 34 valence electrons. The van der Waals surface area contributed by atoms with E-state index >= 15 is 0 Å². The monoisotopic (exact) mass is 104 g/mol. The van der Waals surface area contributed by atoms with Gasteiger partial charge in [-0.3, -0.25) is 0 Å². The van der Waals surface area contributed by atoms with Crippen LogP contribution in [0.5, 0.6) is 0 Å². The quantitative estimate of drug-likeness (QED) is 0.450. The maximum absolute atomic E-state index is 5.37. The maximum Gasteiger partial charge on any atom is 0.0544 e. The Kier molecular flexibility index (Phi) is 0.986. The first-order chi connectivity index (χ1) is 2.89. The van der Waals surface area contributed by atoms with Gasteiger partial charge in [0.1, 0.15) is 0 Å². The van der Waals surface area contributed by atoms with E-state index in [4.69, 9.17) is 11.8 Å². The molecule has 1 aliphatic rings. The van der Waals surface area contributed by atoms with Gasteiger partial charge in [-0.2, -0.15) is 0 Å². The van der Waals surface area contributed by atoms with Gasteiger partial charge in [-0.15, -0.1) is 4.53 Å². The Morgan fingerprint density at radius 3 is 2.83 bits per heavy atom. The van der Waals surface area contributed by atoms with Gasteiger partial charge in [-0.05, 0) is 17.9 Å². The summed E-state index contributed by atoms with van der Waals surface area (Å²) in [6.07, 6.45) is 3.74. The van der Waals surface area contributed by atoms with Crippen molar-refractivity contribution < 1.29 is 0 Å². The van der Waals surface area contributed by atoms with E-state index in [1.54, 1.807) is 6.20 Å². The third-order valence-electron chi connectivity index (χ3n) is 0.598. The van der Waals surface area contributed by atoms with E-state index in [9.17, 15) is 0 Å². The first-order valence-corrected chi connectivity index (χ1v) is 2.08. The van der Waals surface area contributed by atoms with Crippen LogP contribution < -0.4 is 5.43 Å². The average Bonchev–Trinajstić information content (AvgIpc) is 1.86. The molecule has 1 N–H and O–H groups in total. The van der Waals surface area contributed by atoms with Crippen LogP contribution in [0.2, 0.25) is 0 Å². The van der Waals surface area contributed by atoms with Crippen LogP contribution in [-0.2, 0) is 0 Å². The third-order valence-corrected chi connectivity index (χ3v) is 0.834. The summed E-state index contributed by atoms with van der Waals surface area (Å²) < 4.78 is 1.47. The highest BCUT2D eigenvalue weighted by molar-refractivity contribution is 6.13. The van der Waals surface area contributed by atoms with Crippen molar-refractivity contribution in [2.45, 2.75) is 0 Å². The molecule has 0 spiro atoms. The highest BCUT2D eigenvalue weighted by Crippen LogP contribution is 1.92. The van der Waals surface area contributed by atoms with E-state index < -0.39 is 0 Å². The number of nitrogens with zero attached hydrogens (tertiary/aromatic N) is 1. The smallest absolute Gasteiger partial charge is 0.0544 e. The average molecular weight is 105 g/mol. The fraction of sp³-hybridized carbons (Fsp3) is 0.333. The van der Waals surface area contributed by atoms with Crippen LogP contribution in [0.4, 0.5) is 0 Å². The molecule has 0 aromatic carbocycles. The SMILES string of the molecule is ClN1CC=CN1. The van der Waals surface area contributed by atoms with Crippen molar-refractivity contribution in [3.63, 3.8) is 0 Å². The molecule has 3 heteroatoms. The summed E-state index contributed by atoms with van der Waals surface area (Å²) >= 11 is 5.37. The largest absolute Gasteiger partial charge is 0.312 e. The molecule has 0 saturated carbocycles. The van der Waals surface area contributed by atoms with E-state index in [2.05, 4.69) is 5.43 Å². The summed E-state index contributed by atoms with van der Waals surface area (Å²) in [4.78, 5) is 0. The first kappa shape index (κ1) is 3.96. The van der Waals surface area contributed by atoms with Gasteiger partial charge < -0.3 is 5.43 Å². The van der Waals surface area contributed by atoms with Gasteiger partial charge >= 0.3 is 0 Å². The number of rotatable bonds is 0. The fourth-order valence-electron chi connectivity index (χ4n) is 0.332. The molecular formula is C3H5ClN2. The summed E-state index contributed by atoms with van der Waals surface area (Å²) in [5.41, 5.74) is 2.74. The minimum atomic E-state index is 0.793. The van der Waals surface area contributed by atoms with Crippen LogP contribution in [0, 0.1) is 0 Å². The summed E-state index contributed by atoms with van der Waals surface area (Å²) in [5, 5.41) is 0. The molecule has 1 aliphatic heterocycles. The zero-order chi connectivity index (χ0) is 4.41. The second-order valence-corrected chi connectivity index (χ2v) is 1.48. The van der Waals surface area contributed by atoms with Gasteiger partial charge in [0.2, 0.25) is 0 Å². The highest BCUT2D eigenvalue weighted by atomic mass is 35.5. The van der Waals surface area contributed by atoms with Gasteiger partial charge in [-0.25, -0.2) is 0 Å². The maximum atomic E-state index is 5.37. The van der Waals surface area contributed by atoms with E-state index in [0.717, 1.165) is 6.54 Å². The normalized spacial score (nSPS) is 21.5. The molecule has 2 nitrogen and oxygen atoms in total. The summed E-state index contributed by atoms with van der Waals surface area (Å²) in [7, 11) is 0. The molecular weight excluding hydrogens is 99.5 g/mol. The Labute approximate surface area is 41.5 Å². The van der Waals surface area contributed by atoms with Crippen molar-refractivity contribution in [2.75, 3.05) is 6.54 Å². The zero-order valence-corrected chi connectivity index (χ0v) is 3.94. The van der Waals surface area contributed by atoms with Gasteiger partial charge in [-0.1, -0.05) is 0 Å². The zero-order valence-electron chi connectivity index (χ0n) is 3.19. The predicted molar refractivity (Wildman–Crippen MR) is 24.8 cm³/mol. The number of hydrogen-bond acceptors (Lipinski definition) is 2. The number of hydrazine groups is 1. The van der Waals surface area contributed by atoms with Crippen molar-refractivity contribution in [1.82, 2.24) is 9.95 Å².